The van der Waals surface area contributed by atoms with E-state index in [1.54, 1.807) is 41.2 Å². The Morgan fingerprint density at radius 2 is 1.63 bits per heavy atom. The maximum Gasteiger partial charge on any atom is 0.259 e. The molecule has 0 unspecified atom stereocenters. The van der Waals surface area contributed by atoms with Gasteiger partial charge in [0, 0.05) is 26.3 Å². The van der Waals surface area contributed by atoms with Crippen LogP contribution in [0.2, 0.25) is 0 Å². The van der Waals surface area contributed by atoms with Crippen molar-refractivity contribution in [3.63, 3.8) is 0 Å². The molecule has 0 bridgehead atoms. The third-order valence-electron chi connectivity index (χ3n) is 7.30. The van der Waals surface area contributed by atoms with Crippen molar-refractivity contribution in [3.8, 4) is 17.4 Å². The molecule has 2 aliphatic heterocycles. The number of likely N-dealkylation sites (N-methyl/N-ethyl adjacent to an activating group) is 1. The van der Waals surface area contributed by atoms with E-state index < -0.39 is 0 Å². The van der Waals surface area contributed by atoms with E-state index in [1.165, 1.54) is 5.56 Å². The van der Waals surface area contributed by atoms with Gasteiger partial charge in [-0.1, -0.05) is 42.5 Å². The number of carbonyl (C=O) groups is 2. The van der Waals surface area contributed by atoms with Gasteiger partial charge in [0.2, 0.25) is 11.8 Å². The number of ether oxygens (including phenoxy) is 2. The molecule has 0 atom stereocenters. The Morgan fingerprint density at radius 3 is 2.42 bits per heavy atom. The summed E-state index contributed by atoms with van der Waals surface area (Å²) in [4.78, 5) is 36.6. The molecule has 1 fully saturated rings. The Hall–Kier alpha value is -3.91. The van der Waals surface area contributed by atoms with E-state index in [0.29, 0.717) is 55.8 Å². The predicted molar refractivity (Wildman–Crippen MR) is 145 cm³/mol. The van der Waals surface area contributed by atoms with Crippen molar-refractivity contribution in [2.75, 3.05) is 52.9 Å². The number of benzene rings is 2. The second-order valence-corrected chi connectivity index (χ2v) is 9.82. The number of likely N-dealkylation sites (tertiary alicyclic amines) is 1. The number of piperidine rings is 1. The number of amides is 2. The molecule has 0 radical (unpaired) electrons. The van der Waals surface area contributed by atoms with Crippen molar-refractivity contribution in [2.24, 2.45) is 0 Å². The van der Waals surface area contributed by atoms with Gasteiger partial charge in [-0.2, -0.15) is 0 Å². The van der Waals surface area contributed by atoms with Crippen LogP contribution in [0.25, 0.3) is 0 Å². The minimum Gasteiger partial charge on any atom is -0.488 e. The molecule has 2 aliphatic rings. The van der Waals surface area contributed by atoms with E-state index in [1.807, 2.05) is 24.3 Å². The van der Waals surface area contributed by atoms with Gasteiger partial charge in [0.1, 0.15) is 12.2 Å². The van der Waals surface area contributed by atoms with Gasteiger partial charge in [0.15, 0.2) is 11.5 Å². The lowest BCUT2D eigenvalue weighted by Crippen LogP contribution is -2.47. The summed E-state index contributed by atoms with van der Waals surface area (Å²) in [5, 5.41) is 0. The normalized spacial score (nSPS) is 17.7. The Kier molecular flexibility index (Phi) is 8.19. The topological polar surface area (TPSA) is 75.2 Å². The molecule has 2 amide bonds. The molecule has 3 heterocycles. The summed E-state index contributed by atoms with van der Waals surface area (Å²) in [6, 6.07) is 21.3. The average Bonchev–Trinajstić information content (AvgIpc) is 2.96. The number of pyridine rings is 1. The van der Waals surface area contributed by atoms with Gasteiger partial charge in [-0.25, -0.2) is 4.98 Å². The maximum atomic E-state index is 13.4. The summed E-state index contributed by atoms with van der Waals surface area (Å²) in [6.07, 6.45) is 3.68. The smallest absolute Gasteiger partial charge is 0.259 e. The van der Waals surface area contributed by atoms with Gasteiger partial charge in [0.25, 0.3) is 5.91 Å². The Bertz CT molecular complexity index is 1240. The van der Waals surface area contributed by atoms with Crippen LogP contribution in [0.15, 0.2) is 72.9 Å². The Balaban J connectivity index is 1.27. The molecule has 8 nitrogen and oxygen atoms in total. The molecule has 1 aromatic heterocycles. The van der Waals surface area contributed by atoms with Crippen LogP contribution in [-0.4, -0.2) is 84.4 Å². The molecule has 8 heteroatoms. The fourth-order valence-electron chi connectivity index (χ4n) is 5.04. The molecule has 0 aliphatic carbocycles. The number of hydrogen-bond donors (Lipinski definition) is 0. The lowest BCUT2D eigenvalue weighted by atomic mass is 9.89. The Labute approximate surface area is 223 Å². The highest BCUT2D eigenvalue weighted by Crippen LogP contribution is 2.32. The zero-order valence-electron chi connectivity index (χ0n) is 21.8. The van der Waals surface area contributed by atoms with E-state index in [0.717, 1.165) is 25.9 Å². The highest BCUT2D eigenvalue weighted by Gasteiger charge is 2.26. The fourth-order valence-corrected chi connectivity index (χ4v) is 5.04. The molecule has 38 heavy (non-hydrogen) atoms. The highest BCUT2D eigenvalue weighted by molar-refractivity contribution is 5.96. The summed E-state index contributed by atoms with van der Waals surface area (Å²) < 4.78 is 12.1. The molecule has 0 saturated carbocycles. The minimum absolute atomic E-state index is 0.0501. The quantitative estimate of drug-likeness (QED) is 0.525. The monoisotopic (exact) mass is 514 g/mol. The van der Waals surface area contributed by atoms with Gasteiger partial charge in [0.05, 0.1) is 13.1 Å². The summed E-state index contributed by atoms with van der Waals surface area (Å²) >= 11 is 0. The van der Waals surface area contributed by atoms with Gasteiger partial charge in [-0.3, -0.25) is 14.5 Å². The lowest BCUT2D eigenvalue weighted by Gasteiger charge is -2.33. The molecule has 3 aromatic rings. The molecule has 198 valence electrons. The first-order valence-corrected chi connectivity index (χ1v) is 13.2. The van der Waals surface area contributed by atoms with Crippen molar-refractivity contribution < 1.29 is 19.1 Å². The van der Waals surface area contributed by atoms with Crippen molar-refractivity contribution in [2.45, 2.75) is 18.8 Å². The first kappa shape index (κ1) is 25.7. The van der Waals surface area contributed by atoms with Crippen molar-refractivity contribution >= 4 is 11.8 Å². The molecule has 0 spiro atoms. The number of rotatable bonds is 3. The lowest BCUT2D eigenvalue weighted by molar-refractivity contribution is -0.133. The number of para-hydroxylation sites is 2. The standard InChI is InChI=1S/C30H34N4O4/c1-32-18-19-34(28(35)22-33-16-13-24(14-17-33)23-8-3-2-4-9-23)20-21-37-26-11-5-6-12-27(26)38-29-25(30(32)36)10-7-15-31-29/h2-12,15,24H,13-14,16-22H2,1H3. The van der Waals surface area contributed by atoms with Gasteiger partial charge in [-0.05, 0) is 61.7 Å². The van der Waals surface area contributed by atoms with E-state index in [4.69, 9.17) is 9.47 Å². The number of carbonyl (C=O) groups excluding carboxylic acids is 2. The van der Waals surface area contributed by atoms with E-state index in [2.05, 4.69) is 34.1 Å². The van der Waals surface area contributed by atoms with Crippen LogP contribution in [0.5, 0.6) is 17.4 Å². The molecule has 5 rings (SSSR count). The van der Waals surface area contributed by atoms with E-state index >= 15 is 0 Å². The number of hydrogen-bond acceptors (Lipinski definition) is 6. The van der Waals surface area contributed by atoms with Crippen LogP contribution in [0, 0.1) is 0 Å². The SMILES string of the molecule is CN1CCN(C(=O)CN2CCC(c3ccccc3)CC2)CCOc2ccccc2Oc2ncccc2C1=O. The molecule has 0 N–H and O–H groups in total. The van der Waals surface area contributed by atoms with Crippen molar-refractivity contribution in [3.05, 3.63) is 84.1 Å². The minimum atomic E-state index is -0.207. The average molecular weight is 515 g/mol. The first-order chi connectivity index (χ1) is 18.6. The molecular weight excluding hydrogens is 480 g/mol. The first-order valence-electron chi connectivity index (χ1n) is 13.2. The zero-order chi connectivity index (χ0) is 26.3. The molecular formula is C30H34N4O4. The molecule has 1 saturated heterocycles. The number of fused-ring (bicyclic) bond motifs is 2. The fraction of sp³-hybridized carbons (Fsp3) is 0.367. The van der Waals surface area contributed by atoms with Crippen LogP contribution >= 0.6 is 0 Å². The van der Waals surface area contributed by atoms with Gasteiger partial charge >= 0.3 is 0 Å². The van der Waals surface area contributed by atoms with Crippen LogP contribution in [-0.2, 0) is 4.79 Å². The van der Waals surface area contributed by atoms with Gasteiger partial charge in [-0.15, -0.1) is 0 Å². The van der Waals surface area contributed by atoms with E-state index in [9.17, 15) is 9.59 Å². The summed E-state index contributed by atoms with van der Waals surface area (Å²) in [7, 11) is 1.74. The summed E-state index contributed by atoms with van der Waals surface area (Å²) in [5.41, 5.74) is 1.74. The van der Waals surface area contributed by atoms with Crippen LogP contribution in [0.3, 0.4) is 0 Å². The zero-order valence-corrected chi connectivity index (χ0v) is 21.8. The van der Waals surface area contributed by atoms with Crippen molar-refractivity contribution in [1.82, 2.24) is 19.7 Å². The second-order valence-electron chi connectivity index (χ2n) is 9.82. The summed E-state index contributed by atoms with van der Waals surface area (Å²) in [5.74, 6) is 1.63. The van der Waals surface area contributed by atoms with Gasteiger partial charge < -0.3 is 19.3 Å². The van der Waals surface area contributed by atoms with Crippen LogP contribution in [0.4, 0.5) is 0 Å². The highest BCUT2D eigenvalue weighted by atomic mass is 16.5. The van der Waals surface area contributed by atoms with Crippen LogP contribution < -0.4 is 9.47 Å². The summed E-state index contributed by atoms with van der Waals surface area (Å²) in [6.45, 7) is 3.69. The van der Waals surface area contributed by atoms with Crippen molar-refractivity contribution in [1.29, 1.82) is 0 Å². The Morgan fingerprint density at radius 1 is 0.895 bits per heavy atom. The molecule has 2 aromatic carbocycles. The predicted octanol–water partition coefficient (Wildman–Crippen LogP) is 4.05. The maximum absolute atomic E-state index is 13.4. The third-order valence-corrected chi connectivity index (χ3v) is 7.30. The number of nitrogens with zero attached hydrogens (tertiary/aromatic N) is 4. The van der Waals surface area contributed by atoms with E-state index in [-0.39, 0.29) is 17.7 Å². The number of aromatic nitrogens is 1. The largest absolute Gasteiger partial charge is 0.488 e. The third kappa shape index (κ3) is 6.14. The van der Waals surface area contributed by atoms with Crippen LogP contribution in [0.1, 0.15) is 34.7 Å². The second kappa shape index (κ2) is 12.1.